The summed E-state index contributed by atoms with van der Waals surface area (Å²) in [6.07, 6.45) is -8.72. The Morgan fingerprint density at radius 2 is 1.55 bits per heavy atom. The van der Waals surface area contributed by atoms with Gasteiger partial charge < -0.3 is 14.5 Å². The number of halogens is 7. The number of anilines is 1. The number of carbonyl (C=O) groups is 1. The molecule has 0 aromatic heterocycles. The first kappa shape index (κ1) is 30.1. The van der Waals surface area contributed by atoms with Crippen LogP contribution in [0, 0.1) is 0 Å². The smallest absolute Gasteiger partial charge is 0.416 e. The minimum Gasteiger partial charge on any atom is -0.444 e. The highest BCUT2D eigenvalue weighted by molar-refractivity contribution is 9.10. The van der Waals surface area contributed by atoms with Gasteiger partial charge in [-0.15, -0.1) is 0 Å². The lowest BCUT2D eigenvalue weighted by atomic mass is 9.93. The van der Waals surface area contributed by atoms with E-state index in [1.165, 1.54) is 0 Å². The van der Waals surface area contributed by atoms with Gasteiger partial charge in [-0.3, -0.25) is 0 Å². The molecule has 1 amide bonds. The largest absolute Gasteiger partial charge is 0.444 e. The Morgan fingerprint density at radius 1 is 1.00 bits per heavy atom. The molecule has 0 bridgehead atoms. The molecule has 11 heteroatoms. The number of piperidine rings is 1. The van der Waals surface area contributed by atoms with Gasteiger partial charge in [-0.05, 0) is 88.1 Å². The molecule has 0 saturated carbocycles. The molecule has 2 unspecified atom stereocenters. The Kier molecular flexibility index (Phi) is 9.00. The van der Waals surface area contributed by atoms with Crippen LogP contribution < -0.4 is 4.90 Å². The van der Waals surface area contributed by atoms with E-state index in [-0.39, 0.29) is 30.3 Å². The maximum Gasteiger partial charge on any atom is 0.416 e. The zero-order valence-corrected chi connectivity index (χ0v) is 23.2. The molecule has 2 atom stereocenters. The number of rotatable bonds is 5. The van der Waals surface area contributed by atoms with Crippen LogP contribution in [0.4, 0.5) is 36.8 Å². The van der Waals surface area contributed by atoms with Crippen molar-refractivity contribution in [1.82, 2.24) is 4.90 Å². The van der Waals surface area contributed by atoms with Crippen LogP contribution in [0.3, 0.4) is 0 Å². The van der Waals surface area contributed by atoms with E-state index in [0.717, 1.165) is 16.6 Å². The molecule has 0 radical (unpaired) electrons. The van der Waals surface area contributed by atoms with Crippen LogP contribution in [-0.2, 0) is 23.6 Å². The van der Waals surface area contributed by atoms with Crippen LogP contribution in [0.2, 0.25) is 0 Å². The van der Waals surface area contributed by atoms with Crippen molar-refractivity contribution in [3.63, 3.8) is 0 Å². The summed E-state index contributed by atoms with van der Waals surface area (Å²) < 4.78 is 87.3. The van der Waals surface area contributed by atoms with Crippen molar-refractivity contribution in [3.05, 3.63) is 63.6 Å². The van der Waals surface area contributed by atoms with E-state index in [2.05, 4.69) is 15.9 Å². The van der Waals surface area contributed by atoms with Crippen molar-refractivity contribution in [1.29, 1.82) is 0 Å². The third-order valence-corrected chi connectivity index (χ3v) is 6.92. The summed E-state index contributed by atoms with van der Waals surface area (Å²) in [5.74, 6) is 0. The first-order chi connectivity index (χ1) is 17.5. The maximum atomic E-state index is 13.5. The van der Waals surface area contributed by atoms with Gasteiger partial charge in [0.1, 0.15) is 5.60 Å². The third kappa shape index (κ3) is 7.80. The summed E-state index contributed by atoms with van der Waals surface area (Å²) in [7, 11) is 0. The standard InChI is InChI=1S/C27H31BrF6N2O2/c1-5-21-15-23(10-11-35(21)24(37)38-25(2,3)4)36(22-8-6-20(28)7-9-22)16-17-12-18(26(29,30)31)14-19(13-17)27(32,33)34/h6-9,12-14,21,23H,5,10-11,15-16H2,1-4H3. The van der Waals surface area contributed by atoms with Gasteiger partial charge in [0, 0.05) is 35.3 Å². The Morgan fingerprint density at radius 3 is 2.03 bits per heavy atom. The van der Waals surface area contributed by atoms with Crippen molar-refractivity contribution < 1.29 is 35.9 Å². The summed E-state index contributed by atoms with van der Waals surface area (Å²) in [6, 6.07) is 8.32. The average molecular weight is 609 g/mol. The molecule has 210 valence electrons. The summed E-state index contributed by atoms with van der Waals surface area (Å²) in [5.41, 5.74) is -2.80. The monoisotopic (exact) mass is 608 g/mol. The van der Waals surface area contributed by atoms with Crippen LogP contribution in [0.25, 0.3) is 0 Å². The van der Waals surface area contributed by atoms with E-state index in [1.54, 1.807) is 49.9 Å². The van der Waals surface area contributed by atoms with E-state index in [4.69, 9.17) is 4.74 Å². The SMILES string of the molecule is CCC1CC(N(Cc2cc(C(F)(F)F)cc(C(F)(F)F)c2)c2ccc(Br)cc2)CCN1C(=O)OC(C)(C)C. The average Bonchev–Trinajstić information content (AvgIpc) is 2.80. The Bertz CT molecular complexity index is 1080. The van der Waals surface area contributed by atoms with Gasteiger partial charge >= 0.3 is 18.4 Å². The molecule has 3 rings (SSSR count). The lowest BCUT2D eigenvalue weighted by Gasteiger charge is -2.44. The number of carbonyl (C=O) groups excluding carboxylic acids is 1. The van der Waals surface area contributed by atoms with E-state index in [0.29, 0.717) is 31.5 Å². The van der Waals surface area contributed by atoms with E-state index in [9.17, 15) is 31.1 Å². The summed E-state index contributed by atoms with van der Waals surface area (Å²) in [6.45, 7) is 7.44. The van der Waals surface area contributed by atoms with Crippen LogP contribution >= 0.6 is 15.9 Å². The molecule has 0 spiro atoms. The number of nitrogens with zero attached hydrogens (tertiary/aromatic N) is 2. The molecule has 2 aromatic rings. The minimum absolute atomic E-state index is 0.0994. The molecule has 2 aromatic carbocycles. The van der Waals surface area contributed by atoms with Gasteiger partial charge in [-0.25, -0.2) is 4.79 Å². The third-order valence-electron chi connectivity index (χ3n) is 6.39. The van der Waals surface area contributed by atoms with Crippen molar-refractivity contribution in [2.45, 2.75) is 83.5 Å². The highest BCUT2D eigenvalue weighted by Gasteiger charge is 2.38. The summed E-state index contributed by atoms with van der Waals surface area (Å²) in [5, 5.41) is 0. The number of amides is 1. The fraction of sp³-hybridized carbons (Fsp3) is 0.519. The highest BCUT2D eigenvalue weighted by Crippen LogP contribution is 2.38. The van der Waals surface area contributed by atoms with Gasteiger partial charge in [-0.1, -0.05) is 22.9 Å². The van der Waals surface area contributed by atoms with E-state index < -0.39 is 35.2 Å². The Balaban J connectivity index is 1.97. The topological polar surface area (TPSA) is 32.8 Å². The lowest BCUT2D eigenvalue weighted by molar-refractivity contribution is -0.143. The van der Waals surface area contributed by atoms with E-state index >= 15 is 0 Å². The Labute approximate surface area is 227 Å². The van der Waals surface area contributed by atoms with Crippen molar-refractivity contribution in [2.24, 2.45) is 0 Å². The van der Waals surface area contributed by atoms with Crippen LogP contribution in [-0.4, -0.2) is 35.2 Å². The molecule has 1 heterocycles. The number of benzene rings is 2. The predicted molar refractivity (Wildman–Crippen MR) is 137 cm³/mol. The van der Waals surface area contributed by atoms with Gasteiger partial charge in [0.05, 0.1) is 11.1 Å². The van der Waals surface area contributed by atoms with Crippen LogP contribution in [0.15, 0.2) is 46.9 Å². The second-order valence-corrected chi connectivity index (χ2v) is 11.3. The van der Waals surface area contributed by atoms with Crippen molar-refractivity contribution in [3.8, 4) is 0 Å². The normalized spacial score (nSPS) is 18.9. The second-order valence-electron chi connectivity index (χ2n) is 10.4. The first-order valence-electron chi connectivity index (χ1n) is 12.3. The molecule has 0 aliphatic carbocycles. The number of alkyl halides is 6. The number of hydrogen-bond acceptors (Lipinski definition) is 3. The van der Waals surface area contributed by atoms with Crippen molar-refractivity contribution in [2.75, 3.05) is 11.4 Å². The zero-order chi connectivity index (χ0) is 28.5. The second kappa shape index (κ2) is 11.4. The first-order valence-corrected chi connectivity index (χ1v) is 13.1. The molecule has 1 fully saturated rings. The number of hydrogen-bond donors (Lipinski definition) is 0. The minimum atomic E-state index is -4.93. The van der Waals surface area contributed by atoms with Crippen LogP contribution in [0.5, 0.6) is 0 Å². The fourth-order valence-electron chi connectivity index (χ4n) is 4.63. The quantitative estimate of drug-likeness (QED) is 0.318. The molecule has 1 saturated heterocycles. The lowest BCUT2D eigenvalue weighted by Crippen LogP contribution is -2.53. The van der Waals surface area contributed by atoms with E-state index in [1.807, 2.05) is 11.8 Å². The molecule has 38 heavy (non-hydrogen) atoms. The van der Waals surface area contributed by atoms with Crippen molar-refractivity contribution >= 4 is 27.7 Å². The number of likely N-dealkylation sites (tertiary alicyclic amines) is 1. The molecule has 1 aliphatic heterocycles. The maximum absolute atomic E-state index is 13.5. The summed E-state index contributed by atoms with van der Waals surface area (Å²) in [4.78, 5) is 16.3. The van der Waals surface area contributed by atoms with Gasteiger partial charge in [0.25, 0.3) is 0 Å². The molecule has 4 nitrogen and oxygen atoms in total. The Hall–Kier alpha value is -2.43. The zero-order valence-electron chi connectivity index (χ0n) is 21.6. The highest BCUT2D eigenvalue weighted by atomic mass is 79.9. The number of ether oxygens (including phenoxy) is 1. The molecule has 0 N–H and O–H groups in total. The molecule has 1 aliphatic rings. The summed E-state index contributed by atoms with van der Waals surface area (Å²) >= 11 is 3.36. The van der Waals surface area contributed by atoms with Gasteiger partial charge in [-0.2, -0.15) is 26.3 Å². The molecular formula is C27H31BrF6N2O2. The van der Waals surface area contributed by atoms with Gasteiger partial charge in [0.2, 0.25) is 0 Å². The predicted octanol–water partition coefficient (Wildman–Crippen LogP) is 8.67. The fourth-order valence-corrected chi connectivity index (χ4v) is 4.90. The van der Waals surface area contributed by atoms with Crippen LogP contribution in [0.1, 0.15) is 63.6 Å². The molecular weight excluding hydrogens is 578 g/mol. The van der Waals surface area contributed by atoms with Gasteiger partial charge in [0.15, 0.2) is 0 Å².